The summed E-state index contributed by atoms with van der Waals surface area (Å²) in [6.45, 7) is 1.60. The number of nitrogens with zero attached hydrogens (tertiary/aromatic N) is 5. The molecule has 1 aliphatic carbocycles. The Kier molecular flexibility index (Phi) is 4.25. The van der Waals surface area contributed by atoms with Crippen molar-refractivity contribution in [2.24, 2.45) is 17.6 Å². The number of pyridine rings is 1. The molecule has 11 heteroatoms. The second-order valence-electron chi connectivity index (χ2n) is 9.11. The predicted octanol–water partition coefficient (Wildman–Crippen LogP) is 3.26. The number of aromatic amines is 2. The summed E-state index contributed by atoms with van der Waals surface area (Å²) in [5.74, 6) is 1.79. The molecule has 1 saturated heterocycles. The van der Waals surface area contributed by atoms with Crippen molar-refractivity contribution in [2.45, 2.75) is 6.04 Å². The highest BCUT2D eigenvalue weighted by Crippen LogP contribution is 2.47. The molecule has 2 aliphatic rings. The summed E-state index contributed by atoms with van der Waals surface area (Å²) in [5, 5.41) is 11.3. The molecular weight excluding hydrogens is 449 g/mol. The lowest BCUT2D eigenvalue weighted by atomic mass is 10.1. The van der Waals surface area contributed by atoms with Crippen LogP contribution in [0, 0.1) is 17.7 Å². The lowest BCUT2D eigenvalue weighted by Crippen LogP contribution is -2.29. The van der Waals surface area contributed by atoms with E-state index in [0.717, 1.165) is 40.5 Å². The summed E-state index contributed by atoms with van der Waals surface area (Å²) >= 11 is 0. The van der Waals surface area contributed by atoms with Gasteiger partial charge in [-0.25, -0.2) is 4.39 Å². The Morgan fingerprint density at radius 3 is 2.74 bits per heavy atom. The van der Waals surface area contributed by atoms with Crippen LogP contribution in [0.5, 0.6) is 11.8 Å². The van der Waals surface area contributed by atoms with Gasteiger partial charge < -0.3 is 25.7 Å². The van der Waals surface area contributed by atoms with Crippen LogP contribution < -0.4 is 20.7 Å². The number of H-pyrrole nitrogens is 2. The fourth-order valence-electron chi connectivity index (χ4n) is 5.19. The van der Waals surface area contributed by atoms with E-state index in [1.165, 1.54) is 12.1 Å². The number of fused-ring (bicyclic) bond motifs is 4. The Labute approximate surface area is 198 Å². The molecule has 2 fully saturated rings. The molecule has 4 aromatic heterocycles. The van der Waals surface area contributed by atoms with Crippen LogP contribution in [0.1, 0.15) is 0 Å². The number of hydrogen-bond acceptors (Lipinski definition) is 8. The Balaban J connectivity index is 1.36. The smallest absolute Gasteiger partial charge is 0.326 e. The summed E-state index contributed by atoms with van der Waals surface area (Å²) in [5.41, 5.74) is 9.91. The third-order valence-electron chi connectivity index (χ3n) is 7.07. The molecule has 176 valence electrons. The number of nitrogens with one attached hydrogen (secondary N) is 3. The molecule has 0 amide bonds. The van der Waals surface area contributed by atoms with Crippen molar-refractivity contribution < 1.29 is 9.13 Å². The fourth-order valence-corrected chi connectivity index (χ4v) is 5.19. The topological polar surface area (TPSA) is 134 Å². The van der Waals surface area contributed by atoms with Gasteiger partial charge in [-0.15, -0.1) is 0 Å². The molecule has 5 heterocycles. The van der Waals surface area contributed by atoms with Gasteiger partial charge in [-0.1, -0.05) is 0 Å². The number of benzene rings is 1. The van der Waals surface area contributed by atoms with Gasteiger partial charge >= 0.3 is 6.01 Å². The molecule has 7 rings (SSSR count). The van der Waals surface area contributed by atoms with Gasteiger partial charge in [0.25, 0.3) is 0 Å². The second kappa shape index (κ2) is 7.37. The fraction of sp³-hybridized carbons (Fsp3) is 0.250. The maximum atomic E-state index is 14.5. The molecule has 1 aliphatic heterocycles. The van der Waals surface area contributed by atoms with Crippen molar-refractivity contribution in [2.75, 3.05) is 30.4 Å². The van der Waals surface area contributed by atoms with E-state index in [2.05, 4.69) is 35.4 Å². The van der Waals surface area contributed by atoms with Gasteiger partial charge in [0.1, 0.15) is 23.0 Å². The third kappa shape index (κ3) is 3.19. The summed E-state index contributed by atoms with van der Waals surface area (Å²) in [6, 6.07) is 5.26. The Bertz CT molecular complexity index is 1570. The number of piperidine rings is 1. The third-order valence-corrected chi connectivity index (χ3v) is 7.07. The average molecular weight is 472 g/mol. The van der Waals surface area contributed by atoms with Crippen LogP contribution in [-0.4, -0.2) is 56.3 Å². The molecule has 5 aromatic rings. The molecule has 1 aromatic carbocycles. The zero-order chi connectivity index (χ0) is 23.7. The minimum Gasteiger partial charge on any atom is -0.423 e. The number of rotatable bonds is 5. The van der Waals surface area contributed by atoms with E-state index < -0.39 is 0 Å². The van der Waals surface area contributed by atoms with Crippen LogP contribution >= 0.6 is 0 Å². The quantitative estimate of drug-likeness (QED) is 0.307. The number of anilines is 2. The van der Waals surface area contributed by atoms with Crippen molar-refractivity contribution in [1.29, 1.82) is 0 Å². The molecule has 2 atom stereocenters. The SMILES string of the molecule is CNc1cc(F)cc2c1[nH]c1nc(Oc3cncc(-c4cn[nH]c4)c3)nc(N3CC4C(N)C4C3)c12. The van der Waals surface area contributed by atoms with Crippen molar-refractivity contribution >= 4 is 33.4 Å². The van der Waals surface area contributed by atoms with Crippen LogP contribution in [0.2, 0.25) is 0 Å². The van der Waals surface area contributed by atoms with Crippen LogP contribution in [-0.2, 0) is 0 Å². The molecule has 0 radical (unpaired) electrons. The Morgan fingerprint density at radius 2 is 1.97 bits per heavy atom. The van der Waals surface area contributed by atoms with Crippen LogP contribution in [0.3, 0.4) is 0 Å². The van der Waals surface area contributed by atoms with Gasteiger partial charge in [0.2, 0.25) is 0 Å². The highest BCUT2D eigenvalue weighted by Gasteiger charge is 2.54. The van der Waals surface area contributed by atoms with Crippen molar-refractivity contribution in [3.8, 4) is 22.9 Å². The van der Waals surface area contributed by atoms with E-state index >= 15 is 0 Å². The lowest BCUT2D eigenvalue weighted by molar-refractivity contribution is 0.442. The van der Waals surface area contributed by atoms with E-state index in [1.807, 2.05) is 6.07 Å². The van der Waals surface area contributed by atoms with Crippen LogP contribution in [0.4, 0.5) is 15.9 Å². The van der Waals surface area contributed by atoms with Gasteiger partial charge in [-0.2, -0.15) is 15.1 Å². The molecule has 2 unspecified atom stereocenters. The van der Waals surface area contributed by atoms with Gasteiger partial charge in [0.05, 0.1) is 29.0 Å². The van der Waals surface area contributed by atoms with Gasteiger partial charge in [0, 0.05) is 55.1 Å². The summed E-state index contributed by atoms with van der Waals surface area (Å²) in [7, 11) is 1.76. The first-order valence-electron chi connectivity index (χ1n) is 11.4. The zero-order valence-electron chi connectivity index (χ0n) is 18.8. The monoisotopic (exact) mass is 471 g/mol. The molecule has 0 bridgehead atoms. The molecule has 0 spiro atoms. The summed E-state index contributed by atoms with van der Waals surface area (Å²) in [6.07, 6.45) is 6.85. The number of aromatic nitrogens is 6. The lowest BCUT2D eigenvalue weighted by Gasteiger charge is -2.21. The molecule has 10 nitrogen and oxygen atoms in total. The van der Waals surface area contributed by atoms with E-state index in [0.29, 0.717) is 34.7 Å². The zero-order valence-corrected chi connectivity index (χ0v) is 18.8. The highest BCUT2D eigenvalue weighted by molar-refractivity contribution is 6.14. The predicted molar refractivity (Wildman–Crippen MR) is 130 cm³/mol. The largest absolute Gasteiger partial charge is 0.423 e. The number of hydrogen-bond donors (Lipinski definition) is 4. The minimum atomic E-state index is -0.331. The first-order chi connectivity index (χ1) is 17.1. The van der Waals surface area contributed by atoms with Gasteiger partial charge in [-0.3, -0.25) is 10.1 Å². The standard InChI is InChI=1S/C24H22FN9O/c1-27-18-4-13(25)3-15-19-22(31-21(15)18)32-24(33-23(19)34-9-16-17(10-34)20(16)26)35-14-2-11(5-28-8-14)12-6-29-30-7-12/h2-8,16-17,20,27H,9-10,26H2,1H3,(H,29,30)(H,31,32,33). The van der Waals surface area contributed by atoms with Gasteiger partial charge in [0.15, 0.2) is 0 Å². The van der Waals surface area contributed by atoms with E-state index in [1.54, 1.807) is 31.8 Å². The summed E-state index contributed by atoms with van der Waals surface area (Å²) < 4.78 is 20.6. The van der Waals surface area contributed by atoms with E-state index in [4.69, 9.17) is 15.5 Å². The molecular formula is C24H22FN9O. The molecule has 1 saturated carbocycles. The minimum absolute atomic E-state index is 0.182. The van der Waals surface area contributed by atoms with E-state index in [-0.39, 0.29) is 17.9 Å². The van der Waals surface area contributed by atoms with Crippen molar-refractivity contribution in [1.82, 2.24) is 30.1 Å². The first kappa shape index (κ1) is 20.2. The maximum absolute atomic E-state index is 14.5. The van der Waals surface area contributed by atoms with E-state index in [9.17, 15) is 4.39 Å². The van der Waals surface area contributed by atoms with Crippen LogP contribution in [0.25, 0.3) is 33.1 Å². The number of halogens is 1. The van der Waals surface area contributed by atoms with Crippen LogP contribution in [0.15, 0.2) is 43.0 Å². The normalized spacial score (nSPS) is 21.0. The number of nitrogens with two attached hydrogens (primary N) is 1. The molecule has 35 heavy (non-hydrogen) atoms. The maximum Gasteiger partial charge on any atom is 0.326 e. The number of ether oxygens (including phenoxy) is 1. The first-order valence-corrected chi connectivity index (χ1v) is 11.4. The van der Waals surface area contributed by atoms with Gasteiger partial charge in [-0.05, 0) is 30.0 Å². The average Bonchev–Trinajstić information content (AvgIpc) is 3.39. The Morgan fingerprint density at radius 1 is 1.11 bits per heavy atom. The van der Waals surface area contributed by atoms with Crippen molar-refractivity contribution in [3.05, 3.63) is 48.8 Å². The second-order valence-corrected chi connectivity index (χ2v) is 9.11. The Hall–Kier alpha value is -4.25. The highest BCUT2D eigenvalue weighted by atomic mass is 19.1. The summed E-state index contributed by atoms with van der Waals surface area (Å²) in [4.78, 5) is 19.3. The van der Waals surface area contributed by atoms with Crippen molar-refractivity contribution in [3.63, 3.8) is 0 Å². The molecule has 5 N–H and O–H groups in total.